The minimum Gasteiger partial charge on any atom is -0.392 e. The number of para-hydroxylation sites is 1. The van der Waals surface area contributed by atoms with Gasteiger partial charge in [0.25, 0.3) is 0 Å². The van der Waals surface area contributed by atoms with Gasteiger partial charge >= 0.3 is 0 Å². The van der Waals surface area contributed by atoms with Crippen LogP contribution in [0.5, 0.6) is 0 Å². The van der Waals surface area contributed by atoms with E-state index >= 15 is 0 Å². The van der Waals surface area contributed by atoms with E-state index < -0.39 is 0 Å². The summed E-state index contributed by atoms with van der Waals surface area (Å²) in [5.41, 5.74) is 5.31. The van der Waals surface area contributed by atoms with Crippen LogP contribution in [0.4, 0.5) is 0 Å². The molecular weight excluding hydrogens is 296 g/mol. The van der Waals surface area contributed by atoms with Gasteiger partial charge in [-0.2, -0.15) is 5.10 Å². The lowest BCUT2D eigenvalue weighted by atomic mass is 10.1. The number of benzene rings is 3. The van der Waals surface area contributed by atoms with Crippen molar-refractivity contribution in [2.75, 3.05) is 0 Å². The van der Waals surface area contributed by atoms with E-state index in [-0.39, 0.29) is 6.61 Å². The highest BCUT2D eigenvalue weighted by atomic mass is 16.3. The van der Waals surface area contributed by atoms with Gasteiger partial charge in [-0.15, -0.1) is 0 Å². The van der Waals surface area contributed by atoms with Gasteiger partial charge in [0.15, 0.2) is 0 Å². The van der Waals surface area contributed by atoms with Crippen LogP contribution in [0, 0.1) is 0 Å². The summed E-state index contributed by atoms with van der Waals surface area (Å²) in [6.07, 6.45) is 0. The number of nitrogens with zero attached hydrogens (tertiary/aromatic N) is 2. The summed E-state index contributed by atoms with van der Waals surface area (Å²) in [5.74, 6) is 0. The van der Waals surface area contributed by atoms with E-state index in [2.05, 4.69) is 41.1 Å². The van der Waals surface area contributed by atoms with Crippen molar-refractivity contribution >= 4 is 10.9 Å². The van der Waals surface area contributed by atoms with Crippen LogP contribution in [0.25, 0.3) is 22.2 Å². The minimum absolute atomic E-state index is 0.0590. The molecule has 0 aliphatic heterocycles. The highest BCUT2D eigenvalue weighted by Gasteiger charge is 2.12. The molecule has 0 atom stereocenters. The molecule has 0 spiro atoms. The largest absolute Gasteiger partial charge is 0.392 e. The van der Waals surface area contributed by atoms with Crippen LogP contribution in [0.3, 0.4) is 0 Å². The van der Waals surface area contributed by atoms with Gasteiger partial charge in [0.1, 0.15) is 5.69 Å². The smallest absolute Gasteiger partial charge is 0.100 e. The van der Waals surface area contributed by atoms with Crippen LogP contribution >= 0.6 is 0 Å². The number of aromatic nitrogens is 2. The molecule has 0 bridgehead atoms. The lowest BCUT2D eigenvalue weighted by molar-refractivity contribution is 0.282. The Morgan fingerprint density at radius 1 is 0.750 bits per heavy atom. The van der Waals surface area contributed by atoms with E-state index in [0.717, 1.165) is 34.3 Å². The molecule has 0 radical (unpaired) electrons. The maximum absolute atomic E-state index is 9.22. The molecule has 0 unspecified atom stereocenters. The van der Waals surface area contributed by atoms with Gasteiger partial charge in [-0.1, -0.05) is 72.8 Å². The molecule has 0 aliphatic rings. The Labute approximate surface area is 140 Å². The van der Waals surface area contributed by atoms with E-state index in [1.165, 1.54) is 5.56 Å². The highest BCUT2D eigenvalue weighted by molar-refractivity contribution is 5.93. The van der Waals surface area contributed by atoms with Crippen LogP contribution in [0.15, 0.2) is 78.9 Å². The van der Waals surface area contributed by atoms with E-state index in [0.29, 0.717) is 0 Å². The van der Waals surface area contributed by atoms with Gasteiger partial charge in [-0.05, 0) is 17.2 Å². The number of fused-ring (bicyclic) bond motifs is 1. The summed E-state index contributed by atoms with van der Waals surface area (Å²) < 4.78 is 2.06. The number of hydrogen-bond donors (Lipinski definition) is 1. The normalized spacial score (nSPS) is 11.0. The molecule has 4 rings (SSSR count). The molecule has 1 heterocycles. The van der Waals surface area contributed by atoms with Gasteiger partial charge in [0.2, 0.25) is 0 Å². The van der Waals surface area contributed by atoms with Crippen LogP contribution in [0.2, 0.25) is 0 Å². The van der Waals surface area contributed by atoms with Crippen LogP contribution in [-0.4, -0.2) is 14.9 Å². The van der Waals surface area contributed by atoms with E-state index in [9.17, 15) is 5.11 Å². The summed E-state index contributed by atoms with van der Waals surface area (Å²) in [5, 5.41) is 15.2. The van der Waals surface area contributed by atoms with E-state index in [1.54, 1.807) is 0 Å². The number of rotatable bonds is 4. The first-order valence-corrected chi connectivity index (χ1v) is 8.05. The predicted octanol–water partition coefficient (Wildman–Crippen LogP) is 4.24. The molecule has 0 aliphatic carbocycles. The molecule has 1 aromatic heterocycles. The standard InChI is InChI=1S/C21H18N2O/c24-15-17-10-12-18(13-11-17)21-19-8-4-5-9-20(19)23(22-21)14-16-6-2-1-3-7-16/h1-13,24H,14-15H2. The van der Waals surface area contributed by atoms with E-state index in [1.807, 2.05) is 42.5 Å². The number of aliphatic hydroxyl groups excluding tert-OH is 1. The third-order valence-corrected chi connectivity index (χ3v) is 4.24. The topological polar surface area (TPSA) is 38.1 Å². The molecule has 0 saturated heterocycles. The van der Waals surface area contributed by atoms with Crippen molar-refractivity contribution in [3.05, 3.63) is 90.0 Å². The molecule has 3 heteroatoms. The van der Waals surface area contributed by atoms with Crippen molar-refractivity contribution in [2.45, 2.75) is 13.2 Å². The van der Waals surface area contributed by atoms with Crippen molar-refractivity contribution in [1.82, 2.24) is 9.78 Å². The fourth-order valence-corrected chi connectivity index (χ4v) is 2.99. The monoisotopic (exact) mass is 314 g/mol. The molecule has 3 nitrogen and oxygen atoms in total. The van der Waals surface area contributed by atoms with Gasteiger partial charge < -0.3 is 5.11 Å². The van der Waals surface area contributed by atoms with Gasteiger partial charge in [-0.25, -0.2) is 0 Å². The van der Waals surface area contributed by atoms with Crippen LogP contribution in [-0.2, 0) is 13.2 Å². The Hall–Kier alpha value is -2.91. The van der Waals surface area contributed by atoms with Crippen molar-refractivity contribution in [3.8, 4) is 11.3 Å². The Morgan fingerprint density at radius 2 is 1.46 bits per heavy atom. The Balaban J connectivity index is 1.81. The van der Waals surface area contributed by atoms with Crippen molar-refractivity contribution in [2.24, 2.45) is 0 Å². The Kier molecular flexibility index (Phi) is 3.85. The number of hydrogen-bond acceptors (Lipinski definition) is 2. The maximum atomic E-state index is 9.22. The highest BCUT2D eigenvalue weighted by Crippen LogP contribution is 2.28. The summed E-state index contributed by atoms with van der Waals surface area (Å²) in [6.45, 7) is 0.805. The second-order valence-electron chi connectivity index (χ2n) is 5.86. The lowest BCUT2D eigenvalue weighted by Gasteiger charge is -2.03. The third kappa shape index (κ3) is 2.70. The molecule has 1 N–H and O–H groups in total. The average Bonchev–Trinajstić information content (AvgIpc) is 3.01. The summed E-state index contributed by atoms with van der Waals surface area (Å²) >= 11 is 0. The number of aliphatic hydroxyl groups is 1. The zero-order chi connectivity index (χ0) is 16.4. The fourth-order valence-electron chi connectivity index (χ4n) is 2.99. The molecule has 118 valence electrons. The molecule has 0 amide bonds. The lowest BCUT2D eigenvalue weighted by Crippen LogP contribution is -2.01. The first-order valence-electron chi connectivity index (χ1n) is 8.05. The van der Waals surface area contributed by atoms with Gasteiger partial charge in [-0.3, -0.25) is 4.68 Å². The van der Waals surface area contributed by atoms with Crippen molar-refractivity contribution < 1.29 is 5.11 Å². The predicted molar refractivity (Wildman–Crippen MR) is 96.6 cm³/mol. The average molecular weight is 314 g/mol. The third-order valence-electron chi connectivity index (χ3n) is 4.24. The van der Waals surface area contributed by atoms with Crippen LogP contribution in [0.1, 0.15) is 11.1 Å². The maximum Gasteiger partial charge on any atom is 0.100 e. The zero-order valence-electron chi connectivity index (χ0n) is 13.3. The Morgan fingerprint density at radius 3 is 2.21 bits per heavy atom. The second kappa shape index (κ2) is 6.30. The summed E-state index contributed by atoms with van der Waals surface area (Å²) in [6, 6.07) is 26.6. The first kappa shape index (κ1) is 14.7. The second-order valence-corrected chi connectivity index (χ2v) is 5.86. The van der Waals surface area contributed by atoms with Crippen molar-refractivity contribution in [1.29, 1.82) is 0 Å². The SMILES string of the molecule is OCc1ccc(-c2nn(Cc3ccccc3)c3ccccc23)cc1. The first-order chi connectivity index (χ1) is 11.8. The van der Waals surface area contributed by atoms with Crippen LogP contribution < -0.4 is 0 Å². The minimum atomic E-state index is 0.0590. The quantitative estimate of drug-likeness (QED) is 0.612. The Bertz CT molecular complexity index is 956. The molecule has 0 saturated carbocycles. The van der Waals surface area contributed by atoms with E-state index in [4.69, 9.17) is 5.10 Å². The fraction of sp³-hybridized carbons (Fsp3) is 0.0952. The van der Waals surface area contributed by atoms with Gasteiger partial charge in [0, 0.05) is 10.9 Å². The zero-order valence-corrected chi connectivity index (χ0v) is 13.3. The molecule has 4 aromatic rings. The molecule has 0 fully saturated rings. The summed E-state index contributed by atoms with van der Waals surface area (Å²) in [4.78, 5) is 0. The van der Waals surface area contributed by atoms with Crippen molar-refractivity contribution in [3.63, 3.8) is 0 Å². The van der Waals surface area contributed by atoms with Gasteiger partial charge in [0.05, 0.1) is 18.7 Å². The molecule has 3 aromatic carbocycles. The summed E-state index contributed by atoms with van der Waals surface area (Å²) in [7, 11) is 0. The molecule has 24 heavy (non-hydrogen) atoms. The molecular formula is C21H18N2O.